The fourth-order valence-corrected chi connectivity index (χ4v) is 3.09. The zero-order valence-electron chi connectivity index (χ0n) is 14.7. The monoisotopic (exact) mass is 389 g/mol. The van der Waals surface area contributed by atoms with Crippen molar-refractivity contribution < 1.29 is 27.2 Å². The first kappa shape index (κ1) is 18.0. The number of carbonyl (C=O) groups excluding carboxylic acids is 1. The number of amides is 1. The Balaban J connectivity index is 1.55. The molecule has 0 aliphatic carbocycles. The van der Waals surface area contributed by atoms with Gasteiger partial charge >= 0.3 is 12.1 Å². The lowest BCUT2D eigenvalue weighted by Gasteiger charge is -2.17. The van der Waals surface area contributed by atoms with Gasteiger partial charge in [-0.25, -0.2) is 0 Å². The highest BCUT2D eigenvalue weighted by Gasteiger charge is 2.38. The molecule has 0 spiro atoms. The van der Waals surface area contributed by atoms with Crippen LogP contribution in [0.25, 0.3) is 11.4 Å². The molecular formula is C19H14F3N3O3. The lowest BCUT2D eigenvalue weighted by molar-refractivity contribution is -0.159. The standard InChI is InChI=1S/C19H14F3N3O3/c1-27-14-6-7-15-13(10-14)8-9-25(15)17(26)12-4-2-11(3-5-12)16-23-18(28-24-16)19(20,21)22/h2-7,10H,8-9H2,1H3. The lowest BCUT2D eigenvalue weighted by atomic mass is 10.1. The number of ether oxygens (including phenoxy) is 1. The van der Waals surface area contributed by atoms with Crippen LogP contribution >= 0.6 is 0 Å². The van der Waals surface area contributed by atoms with Crippen LogP contribution in [0, 0.1) is 0 Å². The molecule has 1 amide bonds. The first-order valence-corrected chi connectivity index (χ1v) is 8.37. The fraction of sp³-hybridized carbons (Fsp3) is 0.211. The van der Waals surface area contributed by atoms with E-state index in [0.717, 1.165) is 23.4 Å². The molecule has 0 saturated carbocycles. The molecule has 6 nitrogen and oxygen atoms in total. The van der Waals surface area contributed by atoms with Gasteiger partial charge in [0.25, 0.3) is 5.91 Å². The summed E-state index contributed by atoms with van der Waals surface area (Å²) >= 11 is 0. The van der Waals surface area contributed by atoms with Gasteiger partial charge in [0.1, 0.15) is 5.75 Å². The van der Waals surface area contributed by atoms with Gasteiger partial charge in [-0.3, -0.25) is 4.79 Å². The summed E-state index contributed by atoms with van der Waals surface area (Å²) in [6, 6.07) is 11.6. The Kier molecular flexibility index (Phi) is 4.29. The van der Waals surface area contributed by atoms with Gasteiger partial charge in [-0.15, -0.1) is 0 Å². The molecule has 0 N–H and O–H groups in total. The van der Waals surface area contributed by atoms with E-state index < -0.39 is 12.1 Å². The number of alkyl halides is 3. The second-order valence-corrected chi connectivity index (χ2v) is 6.20. The number of fused-ring (bicyclic) bond motifs is 1. The maximum Gasteiger partial charge on any atom is 0.471 e. The summed E-state index contributed by atoms with van der Waals surface area (Å²) in [5.74, 6) is -1.06. The first-order chi connectivity index (χ1) is 13.4. The maximum absolute atomic E-state index is 12.8. The normalized spacial score (nSPS) is 13.5. The Labute approximate surface area is 157 Å². The summed E-state index contributed by atoms with van der Waals surface area (Å²) < 4.78 is 47.2. The van der Waals surface area contributed by atoms with E-state index in [0.29, 0.717) is 17.7 Å². The highest BCUT2D eigenvalue weighted by Crippen LogP contribution is 2.33. The largest absolute Gasteiger partial charge is 0.497 e. The molecule has 4 rings (SSSR count). The number of hydrogen-bond acceptors (Lipinski definition) is 5. The molecule has 0 saturated heterocycles. The molecule has 1 aliphatic rings. The number of aromatic nitrogens is 2. The maximum atomic E-state index is 12.8. The molecule has 0 unspecified atom stereocenters. The molecule has 1 aromatic heterocycles. The SMILES string of the molecule is COc1ccc2c(c1)CCN2C(=O)c1ccc(-c2noc(C(F)(F)F)n2)cc1. The second kappa shape index (κ2) is 6.66. The average Bonchev–Trinajstić information content (AvgIpc) is 3.34. The van der Waals surface area contributed by atoms with Gasteiger partial charge in [0.15, 0.2) is 0 Å². The van der Waals surface area contributed by atoms with E-state index >= 15 is 0 Å². The average molecular weight is 389 g/mol. The predicted octanol–water partition coefficient (Wildman–Crippen LogP) is 3.97. The molecule has 3 aromatic rings. The van der Waals surface area contributed by atoms with Crippen LogP contribution in [0.5, 0.6) is 5.75 Å². The minimum Gasteiger partial charge on any atom is -0.497 e. The molecule has 144 valence electrons. The number of nitrogens with zero attached hydrogens (tertiary/aromatic N) is 3. The van der Waals surface area contributed by atoms with Crippen LogP contribution < -0.4 is 9.64 Å². The first-order valence-electron chi connectivity index (χ1n) is 8.37. The van der Waals surface area contributed by atoms with E-state index in [-0.39, 0.29) is 11.7 Å². The minimum absolute atomic E-state index is 0.190. The van der Waals surface area contributed by atoms with Gasteiger partial charge < -0.3 is 14.2 Å². The van der Waals surface area contributed by atoms with Crippen molar-refractivity contribution >= 4 is 11.6 Å². The Bertz CT molecular complexity index is 1030. The van der Waals surface area contributed by atoms with Crippen molar-refractivity contribution in [1.82, 2.24) is 10.1 Å². The summed E-state index contributed by atoms with van der Waals surface area (Å²) in [6.07, 6.45) is -3.98. The molecule has 0 bridgehead atoms. The summed E-state index contributed by atoms with van der Waals surface area (Å²) in [6.45, 7) is 0.545. The van der Waals surface area contributed by atoms with E-state index in [2.05, 4.69) is 14.7 Å². The van der Waals surface area contributed by atoms with E-state index in [9.17, 15) is 18.0 Å². The van der Waals surface area contributed by atoms with Crippen LogP contribution in [0.1, 0.15) is 21.8 Å². The molecule has 9 heteroatoms. The highest BCUT2D eigenvalue weighted by molar-refractivity contribution is 6.07. The predicted molar refractivity (Wildman–Crippen MR) is 93.1 cm³/mol. The van der Waals surface area contributed by atoms with Gasteiger partial charge in [0, 0.05) is 23.4 Å². The number of methoxy groups -OCH3 is 1. The summed E-state index contributed by atoms with van der Waals surface area (Å²) in [4.78, 5) is 17.9. The van der Waals surface area contributed by atoms with Crippen molar-refractivity contribution in [2.45, 2.75) is 12.6 Å². The number of carbonyl (C=O) groups is 1. The molecule has 1 aliphatic heterocycles. The van der Waals surface area contributed by atoms with Crippen molar-refractivity contribution in [3.8, 4) is 17.1 Å². The Morgan fingerprint density at radius 2 is 1.93 bits per heavy atom. The van der Waals surface area contributed by atoms with Crippen molar-refractivity contribution in [3.05, 3.63) is 59.5 Å². The number of benzene rings is 2. The molecule has 0 atom stereocenters. The van der Waals surface area contributed by atoms with Crippen molar-refractivity contribution in [3.63, 3.8) is 0 Å². The van der Waals surface area contributed by atoms with Gasteiger partial charge in [-0.2, -0.15) is 18.2 Å². The fourth-order valence-electron chi connectivity index (χ4n) is 3.09. The quantitative estimate of drug-likeness (QED) is 0.678. The van der Waals surface area contributed by atoms with Gasteiger partial charge in [-0.1, -0.05) is 17.3 Å². The summed E-state index contributed by atoms with van der Waals surface area (Å²) in [5.41, 5.74) is 2.58. The molecule has 2 aromatic carbocycles. The van der Waals surface area contributed by atoms with Crippen LogP contribution in [0.3, 0.4) is 0 Å². The summed E-state index contributed by atoms with van der Waals surface area (Å²) in [5, 5.41) is 3.34. The van der Waals surface area contributed by atoms with E-state index in [4.69, 9.17) is 4.74 Å². The Morgan fingerprint density at radius 3 is 2.57 bits per heavy atom. The molecule has 0 radical (unpaired) electrons. The van der Waals surface area contributed by atoms with Gasteiger partial charge in [-0.05, 0) is 42.3 Å². The smallest absolute Gasteiger partial charge is 0.471 e. The van der Waals surface area contributed by atoms with Crippen LogP contribution in [0.15, 0.2) is 47.0 Å². The minimum atomic E-state index is -4.70. The Hall–Kier alpha value is -3.36. The number of anilines is 1. The van der Waals surface area contributed by atoms with Crippen LogP contribution in [-0.4, -0.2) is 29.7 Å². The number of hydrogen-bond donors (Lipinski definition) is 0. The number of halogens is 3. The number of rotatable bonds is 3. The van der Waals surface area contributed by atoms with E-state index in [1.165, 1.54) is 24.3 Å². The highest BCUT2D eigenvalue weighted by atomic mass is 19.4. The third-order valence-corrected chi connectivity index (χ3v) is 4.49. The zero-order chi connectivity index (χ0) is 19.9. The lowest BCUT2D eigenvalue weighted by Crippen LogP contribution is -2.28. The molecular weight excluding hydrogens is 375 g/mol. The van der Waals surface area contributed by atoms with Gasteiger partial charge in [0.05, 0.1) is 7.11 Å². The van der Waals surface area contributed by atoms with Crippen LogP contribution in [-0.2, 0) is 12.6 Å². The van der Waals surface area contributed by atoms with Gasteiger partial charge in [0.2, 0.25) is 5.82 Å². The zero-order valence-corrected chi connectivity index (χ0v) is 14.7. The Morgan fingerprint density at radius 1 is 1.18 bits per heavy atom. The third kappa shape index (κ3) is 3.19. The second-order valence-electron chi connectivity index (χ2n) is 6.20. The molecule has 0 fully saturated rings. The van der Waals surface area contributed by atoms with E-state index in [1.807, 2.05) is 12.1 Å². The molecule has 28 heavy (non-hydrogen) atoms. The van der Waals surface area contributed by atoms with Crippen molar-refractivity contribution in [2.75, 3.05) is 18.6 Å². The van der Waals surface area contributed by atoms with Crippen molar-refractivity contribution in [1.29, 1.82) is 0 Å². The molecule has 2 heterocycles. The third-order valence-electron chi connectivity index (χ3n) is 4.49. The van der Waals surface area contributed by atoms with E-state index in [1.54, 1.807) is 18.1 Å². The summed E-state index contributed by atoms with van der Waals surface area (Å²) in [7, 11) is 1.59. The van der Waals surface area contributed by atoms with Crippen molar-refractivity contribution in [2.24, 2.45) is 0 Å². The topological polar surface area (TPSA) is 68.5 Å². The van der Waals surface area contributed by atoms with Crippen LogP contribution in [0.2, 0.25) is 0 Å². The van der Waals surface area contributed by atoms with Crippen LogP contribution in [0.4, 0.5) is 18.9 Å².